The fraction of sp³-hybridized carbons (Fsp3) is 0.286. The molecule has 0 aliphatic heterocycles. The van der Waals surface area contributed by atoms with Crippen LogP contribution in [0.5, 0.6) is 0 Å². The van der Waals surface area contributed by atoms with Gasteiger partial charge in [-0.25, -0.2) is 9.79 Å². The second-order valence-electron chi connectivity index (χ2n) is 1.78. The molecule has 0 aromatic rings. The Morgan fingerprint density at radius 3 is 2.80 bits per heavy atom. The predicted octanol–water partition coefficient (Wildman–Crippen LogP) is 0.672. The van der Waals surface area contributed by atoms with Crippen LogP contribution in [0.15, 0.2) is 17.1 Å². The van der Waals surface area contributed by atoms with E-state index in [9.17, 15) is 9.59 Å². The average Bonchev–Trinajstić information content (AvgIpc) is 1.88. The molecular weight excluding hydrogens is 130 g/mol. The number of hydrogen-bond acceptors (Lipinski definition) is 3. The first-order valence-corrected chi connectivity index (χ1v) is 2.75. The van der Waals surface area contributed by atoms with Crippen molar-refractivity contribution in [3.8, 4) is 0 Å². The summed E-state index contributed by atoms with van der Waals surface area (Å²) < 4.78 is 0. The molecule has 0 fully saturated rings. The van der Waals surface area contributed by atoms with Crippen molar-refractivity contribution in [2.75, 3.05) is 6.54 Å². The summed E-state index contributed by atoms with van der Waals surface area (Å²) >= 11 is 0. The minimum Gasteiger partial charge on any atom is -0.294 e. The lowest BCUT2D eigenvalue weighted by Gasteiger charge is -1.91. The van der Waals surface area contributed by atoms with E-state index < -0.39 is 0 Å². The van der Waals surface area contributed by atoms with Crippen molar-refractivity contribution in [3.05, 3.63) is 18.6 Å². The lowest BCUT2D eigenvalue weighted by atomic mass is 10.2. The zero-order chi connectivity index (χ0) is 7.98. The van der Waals surface area contributed by atoms with E-state index in [2.05, 4.69) is 11.6 Å². The summed E-state index contributed by atoms with van der Waals surface area (Å²) in [5.74, 6) is -0.181. The molecule has 0 aromatic carbocycles. The summed E-state index contributed by atoms with van der Waals surface area (Å²) in [5.41, 5.74) is 0.445. The number of aliphatic imine (C=N–C) groups is 1. The molecule has 0 bridgehead atoms. The van der Waals surface area contributed by atoms with Crippen LogP contribution in [0.1, 0.15) is 6.92 Å². The molecule has 0 heterocycles. The van der Waals surface area contributed by atoms with Gasteiger partial charge in [0.1, 0.15) is 0 Å². The van der Waals surface area contributed by atoms with Gasteiger partial charge in [-0.1, -0.05) is 6.58 Å². The number of isocyanates is 1. The zero-order valence-corrected chi connectivity index (χ0v) is 5.76. The molecular formula is C7H8NO2. The highest BCUT2D eigenvalue weighted by Gasteiger charge is 1.99. The molecule has 1 radical (unpaired) electrons. The number of nitrogens with zero attached hydrogens (tertiary/aromatic N) is 1. The summed E-state index contributed by atoms with van der Waals surface area (Å²) in [6.07, 6.45) is 2.61. The van der Waals surface area contributed by atoms with Gasteiger partial charge in [-0.2, -0.15) is 0 Å². The van der Waals surface area contributed by atoms with Crippen LogP contribution >= 0.6 is 0 Å². The molecule has 0 aromatic heterocycles. The maximum absolute atomic E-state index is 10.7. The molecule has 0 spiro atoms. The molecule has 0 amide bonds. The van der Waals surface area contributed by atoms with E-state index in [1.165, 1.54) is 12.5 Å². The molecule has 3 heteroatoms. The van der Waals surface area contributed by atoms with Gasteiger partial charge < -0.3 is 0 Å². The minimum absolute atomic E-state index is 0.0925. The van der Waals surface area contributed by atoms with Crippen LogP contribution in [-0.2, 0) is 9.59 Å². The topological polar surface area (TPSA) is 46.5 Å². The Kier molecular flexibility index (Phi) is 4.09. The number of carbonyl (C=O) groups is 1. The Labute approximate surface area is 59.5 Å². The maximum atomic E-state index is 10.7. The smallest absolute Gasteiger partial charge is 0.234 e. The standard InChI is InChI=1S/C7H8NO2/c1-6(2)7(10)3-4-8-5-9/h3H,1,4H2,2H3. The van der Waals surface area contributed by atoms with Gasteiger partial charge in [0, 0.05) is 0 Å². The van der Waals surface area contributed by atoms with Gasteiger partial charge in [-0.05, 0) is 12.5 Å². The van der Waals surface area contributed by atoms with E-state index >= 15 is 0 Å². The van der Waals surface area contributed by atoms with Crippen LogP contribution in [0.25, 0.3) is 0 Å². The summed E-state index contributed by atoms with van der Waals surface area (Å²) in [7, 11) is 0. The largest absolute Gasteiger partial charge is 0.294 e. The summed E-state index contributed by atoms with van der Waals surface area (Å²) in [6, 6.07) is 0. The van der Waals surface area contributed by atoms with Gasteiger partial charge in [0.05, 0.1) is 13.0 Å². The number of rotatable bonds is 4. The molecule has 53 valence electrons. The Morgan fingerprint density at radius 2 is 2.40 bits per heavy atom. The number of hydrogen-bond donors (Lipinski definition) is 0. The molecule has 0 atom stereocenters. The number of ketones is 1. The molecule has 0 aliphatic carbocycles. The third-order valence-corrected chi connectivity index (χ3v) is 0.853. The first-order valence-electron chi connectivity index (χ1n) is 2.75. The van der Waals surface area contributed by atoms with E-state index in [0.717, 1.165) is 0 Å². The lowest BCUT2D eigenvalue weighted by Crippen LogP contribution is -2.00. The van der Waals surface area contributed by atoms with Crippen LogP contribution in [0, 0.1) is 6.42 Å². The predicted molar refractivity (Wildman–Crippen MR) is 37.1 cm³/mol. The number of carbonyl (C=O) groups excluding carboxylic acids is 2. The fourth-order valence-corrected chi connectivity index (χ4v) is 0.340. The molecule has 0 saturated heterocycles. The SMILES string of the molecule is C=C(C)C(=O)[CH]CN=C=O. The molecule has 0 N–H and O–H groups in total. The van der Waals surface area contributed by atoms with Gasteiger partial charge in [0.15, 0.2) is 5.78 Å². The summed E-state index contributed by atoms with van der Waals surface area (Å²) in [4.78, 5) is 23.4. The Morgan fingerprint density at radius 1 is 1.80 bits per heavy atom. The highest BCUT2D eigenvalue weighted by molar-refractivity contribution is 6.00. The van der Waals surface area contributed by atoms with E-state index in [0.29, 0.717) is 5.57 Å². The second kappa shape index (κ2) is 4.65. The highest BCUT2D eigenvalue weighted by Crippen LogP contribution is 1.92. The molecule has 3 nitrogen and oxygen atoms in total. The third kappa shape index (κ3) is 3.75. The lowest BCUT2D eigenvalue weighted by molar-refractivity contribution is -0.112. The molecule has 0 saturated carbocycles. The fourth-order valence-electron chi connectivity index (χ4n) is 0.340. The van der Waals surface area contributed by atoms with E-state index in [-0.39, 0.29) is 12.3 Å². The van der Waals surface area contributed by atoms with Crippen molar-refractivity contribution in [1.82, 2.24) is 0 Å². The molecule has 0 rings (SSSR count). The maximum Gasteiger partial charge on any atom is 0.234 e. The minimum atomic E-state index is -0.181. The molecule has 0 unspecified atom stereocenters. The van der Waals surface area contributed by atoms with E-state index in [1.807, 2.05) is 0 Å². The molecule has 0 aliphatic rings. The second-order valence-corrected chi connectivity index (χ2v) is 1.78. The summed E-state index contributed by atoms with van der Waals surface area (Å²) in [6.45, 7) is 5.11. The first kappa shape index (κ1) is 8.79. The van der Waals surface area contributed by atoms with Crippen molar-refractivity contribution in [1.29, 1.82) is 0 Å². The Balaban J connectivity index is 3.60. The Hall–Kier alpha value is -1.21. The Bertz CT molecular complexity index is 190. The third-order valence-electron chi connectivity index (χ3n) is 0.853. The van der Waals surface area contributed by atoms with E-state index in [1.54, 1.807) is 6.92 Å². The van der Waals surface area contributed by atoms with Gasteiger partial charge in [-0.15, -0.1) is 0 Å². The normalized spacial score (nSPS) is 8.10. The van der Waals surface area contributed by atoms with E-state index in [4.69, 9.17) is 0 Å². The van der Waals surface area contributed by atoms with Crippen LogP contribution in [0.4, 0.5) is 0 Å². The monoisotopic (exact) mass is 138 g/mol. The number of Topliss-reactive ketones (excluding diaryl/α,β-unsaturated/α-hetero) is 1. The first-order chi connectivity index (χ1) is 4.68. The van der Waals surface area contributed by atoms with Gasteiger partial charge in [0.25, 0.3) is 0 Å². The molecule has 10 heavy (non-hydrogen) atoms. The van der Waals surface area contributed by atoms with Gasteiger partial charge in [-0.3, -0.25) is 4.79 Å². The van der Waals surface area contributed by atoms with Crippen LogP contribution in [0.3, 0.4) is 0 Å². The zero-order valence-electron chi connectivity index (χ0n) is 5.76. The highest BCUT2D eigenvalue weighted by atomic mass is 16.1. The number of allylic oxidation sites excluding steroid dienone is 1. The average molecular weight is 138 g/mol. The van der Waals surface area contributed by atoms with Crippen molar-refractivity contribution in [2.24, 2.45) is 4.99 Å². The van der Waals surface area contributed by atoms with Gasteiger partial charge >= 0.3 is 0 Å². The van der Waals surface area contributed by atoms with Crippen LogP contribution < -0.4 is 0 Å². The van der Waals surface area contributed by atoms with Crippen molar-refractivity contribution in [3.63, 3.8) is 0 Å². The summed E-state index contributed by atoms with van der Waals surface area (Å²) in [5, 5.41) is 0. The van der Waals surface area contributed by atoms with Crippen molar-refractivity contribution in [2.45, 2.75) is 6.92 Å². The van der Waals surface area contributed by atoms with Crippen molar-refractivity contribution >= 4 is 11.9 Å². The van der Waals surface area contributed by atoms with Crippen molar-refractivity contribution < 1.29 is 9.59 Å². The van der Waals surface area contributed by atoms with Crippen LogP contribution in [-0.4, -0.2) is 18.4 Å². The van der Waals surface area contributed by atoms with Gasteiger partial charge in [0.2, 0.25) is 6.08 Å². The van der Waals surface area contributed by atoms with Crippen LogP contribution in [0.2, 0.25) is 0 Å². The quantitative estimate of drug-likeness (QED) is 0.325.